The van der Waals surface area contributed by atoms with Crippen molar-refractivity contribution in [2.24, 2.45) is 0 Å². The Morgan fingerprint density at radius 3 is 2.86 bits per heavy atom. The maximum Gasteiger partial charge on any atom is 0.257 e. The first kappa shape index (κ1) is 17.8. The quantitative estimate of drug-likeness (QED) is 0.838. The molecule has 1 heterocycles. The average molecular weight is 315 g/mol. The van der Waals surface area contributed by atoms with E-state index in [0.29, 0.717) is 24.5 Å². The summed E-state index contributed by atoms with van der Waals surface area (Å²) in [4.78, 5) is 14.5. The summed E-state index contributed by atoms with van der Waals surface area (Å²) in [5.41, 5.74) is 0.630. The molecule has 118 valence electrons. The van der Waals surface area contributed by atoms with Crippen LogP contribution in [0.2, 0.25) is 0 Å². The largest absolute Gasteiger partial charge is 0.490 e. The molecular weight excluding hydrogens is 292 g/mol. The van der Waals surface area contributed by atoms with Crippen molar-refractivity contribution in [1.82, 2.24) is 10.2 Å². The molecule has 2 rings (SSSR count). The third-order valence-corrected chi connectivity index (χ3v) is 3.29. The van der Waals surface area contributed by atoms with Crippen molar-refractivity contribution in [2.45, 2.75) is 6.42 Å². The van der Waals surface area contributed by atoms with Gasteiger partial charge in [0.2, 0.25) is 0 Å². The molecule has 0 aliphatic carbocycles. The molecule has 21 heavy (non-hydrogen) atoms. The SMILES string of the molecule is COCCOc1ccccc1C(=O)N1CCCNCC1.Cl. The molecule has 1 saturated heterocycles. The number of nitrogens with zero attached hydrogens (tertiary/aromatic N) is 1. The molecule has 5 nitrogen and oxygen atoms in total. The van der Waals surface area contributed by atoms with Crippen molar-refractivity contribution in [3.63, 3.8) is 0 Å². The lowest BCUT2D eigenvalue weighted by molar-refractivity contribution is 0.0759. The topological polar surface area (TPSA) is 50.8 Å². The number of para-hydroxylation sites is 1. The summed E-state index contributed by atoms with van der Waals surface area (Å²) in [7, 11) is 1.63. The van der Waals surface area contributed by atoms with E-state index >= 15 is 0 Å². The van der Waals surface area contributed by atoms with Crippen LogP contribution in [0, 0.1) is 0 Å². The number of ether oxygens (including phenoxy) is 2. The third kappa shape index (κ3) is 5.19. The Morgan fingerprint density at radius 2 is 2.05 bits per heavy atom. The smallest absolute Gasteiger partial charge is 0.257 e. The summed E-state index contributed by atoms with van der Waals surface area (Å²) in [5, 5.41) is 3.30. The molecule has 1 aromatic rings. The first-order valence-electron chi connectivity index (χ1n) is 7.03. The highest BCUT2D eigenvalue weighted by Crippen LogP contribution is 2.20. The molecule has 0 saturated carbocycles. The lowest BCUT2D eigenvalue weighted by Gasteiger charge is -2.21. The van der Waals surface area contributed by atoms with E-state index < -0.39 is 0 Å². The van der Waals surface area contributed by atoms with Crippen molar-refractivity contribution in [3.05, 3.63) is 29.8 Å². The zero-order valence-corrected chi connectivity index (χ0v) is 13.2. The second kappa shape index (κ2) is 9.60. The van der Waals surface area contributed by atoms with Crippen LogP contribution < -0.4 is 10.1 Å². The van der Waals surface area contributed by atoms with Gasteiger partial charge in [-0.1, -0.05) is 12.1 Å². The van der Waals surface area contributed by atoms with Gasteiger partial charge in [-0.05, 0) is 25.1 Å². The van der Waals surface area contributed by atoms with E-state index in [2.05, 4.69) is 5.32 Å². The molecule has 0 spiro atoms. The van der Waals surface area contributed by atoms with Crippen molar-refractivity contribution < 1.29 is 14.3 Å². The normalized spacial score (nSPS) is 15.0. The Kier molecular flexibility index (Phi) is 8.12. The first-order valence-corrected chi connectivity index (χ1v) is 7.03. The number of methoxy groups -OCH3 is 1. The van der Waals surface area contributed by atoms with Gasteiger partial charge in [-0.3, -0.25) is 4.79 Å². The standard InChI is InChI=1S/C15H22N2O3.ClH/c1-19-11-12-20-14-6-3-2-5-13(14)15(18)17-9-4-7-16-8-10-17;/h2-3,5-6,16H,4,7-12H2,1H3;1H. The van der Waals surface area contributed by atoms with Crippen LogP contribution in [0.15, 0.2) is 24.3 Å². The molecule has 1 fully saturated rings. The molecule has 0 bridgehead atoms. The Bertz CT molecular complexity index is 435. The Morgan fingerprint density at radius 1 is 1.24 bits per heavy atom. The van der Waals surface area contributed by atoms with E-state index in [1.54, 1.807) is 7.11 Å². The zero-order chi connectivity index (χ0) is 14.2. The highest BCUT2D eigenvalue weighted by molar-refractivity contribution is 5.97. The summed E-state index contributed by atoms with van der Waals surface area (Å²) in [6.07, 6.45) is 0.985. The number of hydrogen-bond donors (Lipinski definition) is 1. The van der Waals surface area contributed by atoms with Crippen LogP contribution in [-0.2, 0) is 4.74 Å². The van der Waals surface area contributed by atoms with Gasteiger partial charge in [-0.25, -0.2) is 0 Å². The zero-order valence-electron chi connectivity index (χ0n) is 12.3. The summed E-state index contributed by atoms with van der Waals surface area (Å²) >= 11 is 0. The number of carbonyl (C=O) groups excluding carboxylic acids is 1. The van der Waals surface area contributed by atoms with E-state index in [-0.39, 0.29) is 18.3 Å². The summed E-state index contributed by atoms with van der Waals surface area (Å²) in [5.74, 6) is 0.675. The predicted octanol–water partition coefficient (Wildman–Crippen LogP) is 1.57. The maximum atomic E-state index is 12.6. The van der Waals surface area contributed by atoms with Gasteiger partial charge < -0.3 is 19.7 Å². The minimum atomic E-state index is 0. The van der Waals surface area contributed by atoms with Crippen molar-refractivity contribution in [2.75, 3.05) is 46.5 Å². The van der Waals surface area contributed by atoms with Crippen molar-refractivity contribution in [3.8, 4) is 5.75 Å². The first-order chi connectivity index (χ1) is 9.83. The van der Waals surface area contributed by atoms with E-state index in [1.165, 1.54) is 0 Å². The van der Waals surface area contributed by atoms with Gasteiger partial charge in [0.05, 0.1) is 12.2 Å². The number of hydrogen-bond acceptors (Lipinski definition) is 4. The number of amides is 1. The minimum Gasteiger partial charge on any atom is -0.490 e. The predicted molar refractivity (Wildman–Crippen MR) is 84.5 cm³/mol. The van der Waals surface area contributed by atoms with Gasteiger partial charge in [-0.15, -0.1) is 12.4 Å². The van der Waals surface area contributed by atoms with E-state index in [9.17, 15) is 4.79 Å². The molecule has 0 atom stereocenters. The van der Waals surface area contributed by atoms with E-state index in [0.717, 1.165) is 32.6 Å². The molecule has 1 aromatic carbocycles. The fraction of sp³-hybridized carbons (Fsp3) is 0.533. The Balaban J connectivity index is 0.00000220. The Hall–Kier alpha value is -1.30. The van der Waals surface area contributed by atoms with Crippen LogP contribution >= 0.6 is 12.4 Å². The monoisotopic (exact) mass is 314 g/mol. The lowest BCUT2D eigenvalue weighted by Crippen LogP contribution is -2.34. The van der Waals surface area contributed by atoms with Crippen LogP contribution in [-0.4, -0.2) is 57.3 Å². The van der Waals surface area contributed by atoms with Crippen molar-refractivity contribution >= 4 is 18.3 Å². The summed E-state index contributed by atoms with van der Waals surface area (Å²) < 4.78 is 10.6. The molecule has 6 heteroatoms. The molecule has 1 aliphatic rings. The van der Waals surface area contributed by atoms with E-state index in [4.69, 9.17) is 9.47 Å². The third-order valence-electron chi connectivity index (χ3n) is 3.29. The Labute approximate surface area is 132 Å². The highest BCUT2D eigenvalue weighted by Gasteiger charge is 2.20. The lowest BCUT2D eigenvalue weighted by atomic mass is 10.1. The number of nitrogens with one attached hydrogen (secondary N) is 1. The second-order valence-corrected chi connectivity index (χ2v) is 4.73. The summed E-state index contributed by atoms with van der Waals surface area (Å²) in [6.45, 7) is 4.30. The minimum absolute atomic E-state index is 0. The van der Waals surface area contributed by atoms with Crippen LogP contribution in [0.1, 0.15) is 16.8 Å². The molecule has 0 radical (unpaired) electrons. The second-order valence-electron chi connectivity index (χ2n) is 4.73. The van der Waals surface area contributed by atoms with Crippen LogP contribution in [0.4, 0.5) is 0 Å². The van der Waals surface area contributed by atoms with Gasteiger partial charge in [0.25, 0.3) is 5.91 Å². The van der Waals surface area contributed by atoms with Gasteiger partial charge in [0.1, 0.15) is 12.4 Å². The molecule has 0 aromatic heterocycles. The van der Waals surface area contributed by atoms with Gasteiger partial charge in [0, 0.05) is 26.7 Å². The van der Waals surface area contributed by atoms with E-state index in [1.807, 2.05) is 29.2 Å². The number of halogens is 1. The number of benzene rings is 1. The van der Waals surface area contributed by atoms with Crippen LogP contribution in [0.25, 0.3) is 0 Å². The average Bonchev–Trinajstić information content (AvgIpc) is 2.76. The highest BCUT2D eigenvalue weighted by atomic mass is 35.5. The fourth-order valence-corrected chi connectivity index (χ4v) is 2.22. The number of rotatable bonds is 5. The molecule has 1 amide bonds. The molecule has 1 N–H and O–H groups in total. The summed E-state index contributed by atoms with van der Waals surface area (Å²) in [6, 6.07) is 7.40. The molecule has 0 unspecified atom stereocenters. The van der Waals surface area contributed by atoms with Gasteiger partial charge in [0.15, 0.2) is 0 Å². The number of carbonyl (C=O) groups is 1. The fourth-order valence-electron chi connectivity index (χ4n) is 2.22. The van der Waals surface area contributed by atoms with Gasteiger partial charge in [-0.2, -0.15) is 0 Å². The van der Waals surface area contributed by atoms with Crippen LogP contribution in [0.3, 0.4) is 0 Å². The molecular formula is C15H23ClN2O3. The van der Waals surface area contributed by atoms with Crippen LogP contribution in [0.5, 0.6) is 5.75 Å². The maximum absolute atomic E-state index is 12.6. The van der Waals surface area contributed by atoms with Crippen molar-refractivity contribution in [1.29, 1.82) is 0 Å². The molecule has 1 aliphatic heterocycles. The van der Waals surface area contributed by atoms with Gasteiger partial charge >= 0.3 is 0 Å².